The molecule has 2 rings (SSSR count). The summed E-state index contributed by atoms with van der Waals surface area (Å²) in [4.78, 5) is 43.2. The van der Waals surface area contributed by atoms with E-state index in [1.807, 2.05) is 5.38 Å². The summed E-state index contributed by atoms with van der Waals surface area (Å²) >= 11 is 1.34. The summed E-state index contributed by atoms with van der Waals surface area (Å²) in [5.74, 6) is -0.936. The Morgan fingerprint density at radius 2 is 1.96 bits per heavy atom. The molecule has 152 valence electrons. The average molecular weight is 407 g/mol. The fraction of sp³-hybridized carbons (Fsp3) is 0.450. The normalized spacial score (nSPS) is 11.9. The average Bonchev–Trinajstić information content (AvgIpc) is 3.31. The first kappa shape index (κ1) is 21.8. The third-order valence-corrected chi connectivity index (χ3v) is 5.52. The smallest absolute Gasteiger partial charge is 0.354 e. The van der Waals surface area contributed by atoms with E-state index in [2.05, 4.69) is 4.98 Å². The first-order valence-corrected chi connectivity index (χ1v) is 9.86. The molecule has 0 saturated heterocycles. The Bertz CT molecular complexity index is 841. The SMILES string of the molecule is COCCCN(C(=O)c1cccs1)[C@@H](C)C(=O)c1c(C)[nH]c(C(=O)OC)c1C. The van der Waals surface area contributed by atoms with Crippen molar-refractivity contribution in [2.24, 2.45) is 0 Å². The fourth-order valence-corrected chi connectivity index (χ4v) is 3.85. The maximum atomic E-state index is 13.3. The number of nitrogens with zero attached hydrogens (tertiary/aromatic N) is 1. The van der Waals surface area contributed by atoms with Crippen LogP contribution >= 0.6 is 11.3 Å². The van der Waals surface area contributed by atoms with Crippen LogP contribution in [0, 0.1) is 13.8 Å². The number of esters is 1. The van der Waals surface area contributed by atoms with Gasteiger partial charge in [0, 0.05) is 31.5 Å². The lowest BCUT2D eigenvalue weighted by Crippen LogP contribution is -2.44. The summed E-state index contributed by atoms with van der Waals surface area (Å²) in [5, 5.41) is 1.83. The van der Waals surface area contributed by atoms with Crippen LogP contribution in [-0.4, -0.2) is 61.0 Å². The molecule has 2 heterocycles. The van der Waals surface area contributed by atoms with E-state index in [9.17, 15) is 14.4 Å². The first-order chi connectivity index (χ1) is 13.3. The Kier molecular flexibility index (Phi) is 7.53. The number of ketones is 1. The van der Waals surface area contributed by atoms with E-state index in [0.29, 0.717) is 41.3 Å². The molecule has 0 spiro atoms. The number of aromatic nitrogens is 1. The van der Waals surface area contributed by atoms with Crippen molar-refractivity contribution in [3.05, 3.63) is 44.9 Å². The zero-order chi connectivity index (χ0) is 20.8. The third-order valence-electron chi connectivity index (χ3n) is 4.66. The van der Waals surface area contributed by atoms with E-state index >= 15 is 0 Å². The predicted octanol–water partition coefficient (Wildman–Crippen LogP) is 3.23. The number of amides is 1. The molecular formula is C20H26N2O5S. The van der Waals surface area contributed by atoms with Gasteiger partial charge in [-0.2, -0.15) is 0 Å². The molecule has 0 aliphatic carbocycles. The molecule has 2 aromatic heterocycles. The number of rotatable bonds is 9. The molecule has 1 atom stereocenters. The lowest BCUT2D eigenvalue weighted by Gasteiger charge is -2.28. The highest BCUT2D eigenvalue weighted by Crippen LogP contribution is 2.23. The number of aryl methyl sites for hydroxylation is 1. The number of ether oxygens (including phenoxy) is 2. The summed E-state index contributed by atoms with van der Waals surface area (Å²) in [6.45, 7) is 6.03. The van der Waals surface area contributed by atoms with Gasteiger partial charge >= 0.3 is 5.97 Å². The van der Waals surface area contributed by atoms with Crippen LogP contribution in [0.3, 0.4) is 0 Å². The lowest BCUT2D eigenvalue weighted by molar-refractivity contribution is 0.0591. The lowest BCUT2D eigenvalue weighted by atomic mass is 9.99. The number of carbonyl (C=O) groups excluding carboxylic acids is 3. The minimum absolute atomic E-state index is 0.189. The number of thiophene rings is 1. The van der Waals surface area contributed by atoms with E-state index in [0.717, 1.165) is 0 Å². The number of aromatic amines is 1. The van der Waals surface area contributed by atoms with Gasteiger partial charge in [-0.3, -0.25) is 9.59 Å². The Balaban J connectivity index is 2.34. The summed E-state index contributed by atoms with van der Waals surface area (Å²) in [7, 11) is 2.89. The van der Waals surface area contributed by atoms with Crippen LogP contribution in [-0.2, 0) is 9.47 Å². The van der Waals surface area contributed by atoms with Crippen LogP contribution < -0.4 is 0 Å². The van der Waals surface area contributed by atoms with Crippen molar-refractivity contribution in [2.45, 2.75) is 33.2 Å². The second-order valence-electron chi connectivity index (χ2n) is 6.48. The Hall–Kier alpha value is -2.45. The molecule has 1 amide bonds. The van der Waals surface area contributed by atoms with Crippen LogP contribution in [0.5, 0.6) is 0 Å². The molecule has 2 aromatic rings. The van der Waals surface area contributed by atoms with E-state index in [1.165, 1.54) is 18.4 Å². The molecule has 0 unspecified atom stereocenters. The molecule has 1 N–H and O–H groups in total. The van der Waals surface area contributed by atoms with Gasteiger partial charge in [0.15, 0.2) is 5.78 Å². The Labute approximate surface area is 168 Å². The second kappa shape index (κ2) is 9.66. The van der Waals surface area contributed by atoms with Crippen LogP contribution in [0.25, 0.3) is 0 Å². The number of Topliss-reactive ketones (excluding diaryl/α,β-unsaturated/α-hetero) is 1. The molecule has 0 bridgehead atoms. The van der Waals surface area contributed by atoms with Crippen molar-refractivity contribution >= 4 is 29.0 Å². The number of hydrogen-bond acceptors (Lipinski definition) is 6. The predicted molar refractivity (Wildman–Crippen MR) is 107 cm³/mol. The topological polar surface area (TPSA) is 88.7 Å². The van der Waals surface area contributed by atoms with Crippen LogP contribution in [0.4, 0.5) is 0 Å². The maximum absolute atomic E-state index is 13.3. The molecule has 8 heteroatoms. The first-order valence-electron chi connectivity index (χ1n) is 8.98. The van der Waals surface area contributed by atoms with Crippen molar-refractivity contribution in [2.75, 3.05) is 27.4 Å². The zero-order valence-corrected chi connectivity index (χ0v) is 17.6. The van der Waals surface area contributed by atoms with Gasteiger partial charge < -0.3 is 19.4 Å². The van der Waals surface area contributed by atoms with Crippen molar-refractivity contribution in [3.8, 4) is 0 Å². The van der Waals surface area contributed by atoms with E-state index in [-0.39, 0.29) is 17.4 Å². The summed E-state index contributed by atoms with van der Waals surface area (Å²) in [6, 6.07) is 2.86. The molecule has 0 saturated carbocycles. The van der Waals surface area contributed by atoms with Gasteiger partial charge in [0.05, 0.1) is 18.0 Å². The van der Waals surface area contributed by atoms with E-state index < -0.39 is 12.0 Å². The zero-order valence-electron chi connectivity index (χ0n) is 16.8. The molecule has 0 fully saturated rings. The van der Waals surface area contributed by atoms with E-state index in [1.54, 1.807) is 44.9 Å². The quantitative estimate of drug-likeness (QED) is 0.392. The molecule has 0 aromatic carbocycles. The Morgan fingerprint density at radius 3 is 2.54 bits per heavy atom. The van der Waals surface area contributed by atoms with E-state index in [4.69, 9.17) is 9.47 Å². The highest BCUT2D eigenvalue weighted by atomic mass is 32.1. The standard InChI is InChI=1S/C20H26N2O5S/c1-12-16(13(2)21-17(12)20(25)27-5)18(23)14(3)22(9-7-10-26-4)19(24)15-8-6-11-28-15/h6,8,11,14,21H,7,9-10H2,1-5H3/t14-/m0/s1. The monoisotopic (exact) mass is 406 g/mol. The number of H-pyrrole nitrogens is 1. The largest absolute Gasteiger partial charge is 0.464 e. The number of nitrogens with one attached hydrogen (secondary N) is 1. The Morgan fingerprint density at radius 1 is 1.25 bits per heavy atom. The second-order valence-corrected chi connectivity index (χ2v) is 7.43. The van der Waals surface area contributed by atoms with Crippen molar-refractivity contribution in [1.29, 1.82) is 0 Å². The summed E-state index contributed by atoms with van der Waals surface area (Å²) < 4.78 is 9.86. The fourth-order valence-electron chi connectivity index (χ4n) is 3.17. The van der Waals surface area contributed by atoms with Crippen molar-refractivity contribution in [3.63, 3.8) is 0 Å². The summed E-state index contributed by atoms with van der Waals surface area (Å²) in [5.41, 5.74) is 1.78. The number of hydrogen-bond donors (Lipinski definition) is 1. The third kappa shape index (κ3) is 4.51. The molecule has 0 aliphatic heterocycles. The van der Waals surface area contributed by atoms with Gasteiger partial charge in [0.2, 0.25) is 0 Å². The van der Waals surface area contributed by atoms with Crippen LogP contribution in [0.1, 0.15) is 55.1 Å². The molecule has 0 radical (unpaired) electrons. The molecule has 28 heavy (non-hydrogen) atoms. The highest BCUT2D eigenvalue weighted by Gasteiger charge is 2.31. The van der Waals surface area contributed by atoms with Crippen LogP contribution in [0.2, 0.25) is 0 Å². The van der Waals surface area contributed by atoms with Gasteiger partial charge in [-0.25, -0.2) is 4.79 Å². The van der Waals surface area contributed by atoms with Gasteiger partial charge in [0.25, 0.3) is 5.91 Å². The number of carbonyl (C=O) groups is 3. The van der Waals surface area contributed by atoms with Gasteiger partial charge in [-0.1, -0.05) is 6.07 Å². The van der Waals surface area contributed by atoms with Crippen LogP contribution in [0.15, 0.2) is 17.5 Å². The molecule has 7 nitrogen and oxygen atoms in total. The number of methoxy groups -OCH3 is 2. The van der Waals surface area contributed by atoms with Gasteiger partial charge in [-0.15, -0.1) is 11.3 Å². The molecular weight excluding hydrogens is 380 g/mol. The van der Waals surface area contributed by atoms with Crippen molar-refractivity contribution in [1.82, 2.24) is 9.88 Å². The molecule has 0 aliphatic rings. The summed E-state index contributed by atoms with van der Waals surface area (Å²) in [6.07, 6.45) is 0.615. The highest BCUT2D eigenvalue weighted by molar-refractivity contribution is 7.12. The van der Waals surface area contributed by atoms with Gasteiger partial charge in [0.1, 0.15) is 5.69 Å². The minimum Gasteiger partial charge on any atom is -0.464 e. The maximum Gasteiger partial charge on any atom is 0.354 e. The van der Waals surface area contributed by atoms with Gasteiger partial charge in [-0.05, 0) is 44.2 Å². The minimum atomic E-state index is -0.690. The van der Waals surface area contributed by atoms with Crippen molar-refractivity contribution < 1.29 is 23.9 Å².